The third-order valence-corrected chi connectivity index (χ3v) is 4.81. The highest BCUT2D eigenvalue weighted by molar-refractivity contribution is 7.91. The van der Waals surface area contributed by atoms with E-state index in [1.165, 1.54) is 17.1 Å². The molecule has 1 aromatic heterocycles. The fraction of sp³-hybridized carbons (Fsp3) is 0.545. The molecule has 21 heavy (non-hydrogen) atoms. The number of anilines is 1. The first-order valence-corrected chi connectivity index (χ1v) is 8.18. The average molecular weight is 316 g/mol. The standard InChI is InChI=1S/C11H16N4O5S/c16-10(17)6-15-5-9(4-12-15)14-11(18)13-8-2-1-3-21(19,20)7-8/h4-5,8H,1-3,6-7H2,(H,16,17)(H2,13,14,18). The van der Waals surface area contributed by atoms with Gasteiger partial charge in [0.25, 0.3) is 0 Å². The van der Waals surface area contributed by atoms with Crippen molar-refractivity contribution in [2.45, 2.75) is 25.4 Å². The number of hydrogen-bond acceptors (Lipinski definition) is 5. The van der Waals surface area contributed by atoms with Gasteiger partial charge in [-0.05, 0) is 12.8 Å². The van der Waals surface area contributed by atoms with Crippen molar-refractivity contribution in [1.82, 2.24) is 15.1 Å². The van der Waals surface area contributed by atoms with E-state index in [4.69, 9.17) is 5.11 Å². The number of aliphatic carboxylic acids is 1. The van der Waals surface area contributed by atoms with E-state index in [1.807, 2.05) is 0 Å². The molecule has 1 unspecified atom stereocenters. The Labute approximate surface area is 121 Å². The third kappa shape index (κ3) is 4.74. The minimum atomic E-state index is -3.08. The first-order chi connectivity index (χ1) is 9.84. The minimum Gasteiger partial charge on any atom is -0.480 e. The lowest BCUT2D eigenvalue weighted by Crippen LogP contribution is -2.44. The maximum absolute atomic E-state index is 11.8. The van der Waals surface area contributed by atoms with E-state index in [9.17, 15) is 18.0 Å². The van der Waals surface area contributed by atoms with Gasteiger partial charge in [-0.3, -0.25) is 9.48 Å². The Morgan fingerprint density at radius 2 is 2.24 bits per heavy atom. The molecule has 1 atom stereocenters. The molecule has 1 saturated heterocycles. The second kappa shape index (κ2) is 6.12. The van der Waals surface area contributed by atoms with Gasteiger partial charge in [-0.2, -0.15) is 5.10 Å². The molecule has 0 saturated carbocycles. The van der Waals surface area contributed by atoms with Crippen LogP contribution in [-0.2, 0) is 21.2 Å². The van der Waals surface area contributed by atoms with E-state index in [1.54, 1.807) is 0 Å². The van der Waals surface area contributed by atoms with Crippen molar-refractivity contribution in [3.05, 3.63) is 12.4 Å². The molecule has 1 aliphatic heterocycles. The van der Waals surface area contributed by atoms with Gasteiger partial charge < -0.3 is 15.7 Å². The molecular formula is C11H16N4O5S. The predicted octanol–water partition coefficient (Wildman–Crippen LogP) is -0.334. The molecule has 0 aliphatic carbocycles. The third-order valence-electron chi connectivity index (χ3n) is 2.99. The Kier molecular flexibility index (Phi) is 4.46. The van der Waals surface area contributed by atoms with Crippen LogP contribution in [0.15, 0.2) is 12.4 Å². The number of hydrogen-bond donors (Lipinski definition) is 3. The molecule has 2 heterocycles. The fourth-order valence-electron chi connectivity index (χ4n) is 2.14. The zero-order valence-electron chi connectivity index (χ0n) is 11.2. The van der Waals surface area contributed by atoms with E-state index in [-0.39, 0.29) is 18.1 Å². The number of carbonyl (C=O) groups excluding carboxylic acids is 1. The molecule has 0 aromatic carbocycles. The van der Waals surface area contributed by atoms with Crippen LogP contribution in [0.3, 0.4) is 0 Å². The van der Waals surface area contributed by atoms with Crippen molar-refractivity contribution in [3.8, 4) is 0 Å². The van der Waals surface area contributed by atoms with Crippen LogP contribution < -0.4 is 10.6 Å². The Morgan fingerprint density at radius 3 is 2.90 bits per heavy atom. The van der Waals surface area contributed by atoms with Gasteiger partial charge in [0.1, 0.15) is 6.54 Å². The number of nitrogens with one attached hydrogen (secondary N) is 2. The highest BCUT2D eigenvalue weighted by atomic mass is 32.2. The van der Waals surface area contributed by atoms with Crippen molar-refractivity contribution in [2.24, 2.45) is 0 Å². The maximum atomic E-state index is 11.8. The van der Waals surface area contributed by atoms with Gasteiger partial charge in [0.05, 0.1) is 23.4 Å². The van der Waals surface area contributed by atoms with E-state index >= 15 is 0 Å². The van der Waals surface area contributed by atoms with Gasteiger partial charge in [-0.25, -0.2) is 13.2 Å². The molecule has 1 aliphatic rings. The second-order valence-corrected chi connectivity index (χ2v) is 7.10. The fourth-order valence-corrected chi connectivity index (χ4v) is 3.78. The number of urea groups is 1. The summed E-state index contributed by atoms with van der Waals surface area (Å²) in [5.74, 6) is -0.936. The molecule has 1 fully saturated rings. The number of rotatable bonds is 4. The summed E-state index contributed by atoms with van der Waals surface area (Å²) in [5, 5.41) is 17.5. The SMILES string of the molecule is O=C(O)Cn1cc(NC(=O)NC2CCCS(=O)(=O)C2)cn1. The first kappa shape index (κ1) is 15.3. The van der Waals surface area contributed by atoms with Crippen LogP contribution in [0.5, 0.6) is 0 Å². The van der Waals surface area contributed by atoms with Crippen LogP contribution in [-0.4, -0.2) is 52.9 Å². The lowest BCUT2D eigenvalue weighted by Gasteiger charge is -2.22. The van der Waals surface area contributed by atoms with Crippen molar-refractivity contribution in [3.63, 3.8) is 0 Å². The maximum Gasteiger partial charge on any atom is 0.325 e. The molecule has 10 heteroatoms. The number of aromatic nitrogens is 2. The highest BCUT2D eigenvalue weighted by Gasteiger charge is 2.25. The van der Waals surface area contributed by atoms with Crippen LogP contribution in [0.4, 0.5) is 10.5 Å². The summed E-state index contributed by atoms with van der Waals surface area (Å²) < 4.78 is 24.1. The van der Waals surface area contributed by atoms with Crippen molar-refractivity contribution >= 4 is 27.5 Å². The average Bonchev–Trinajstić information content (AvgIpc) is 2.73. The largest absolute Gasteiger partial charge is 0.480 e. The van der Waals surface area contributed by atoms with E-state index in [2.05, 4.69) is 15.7 Å². The molecule has 2 rings (SSSR count). The smallest absolute Gasteiger partial charge is 0.325 e. The Hall–Kier alpha value is -2.10. The van der Waals surface area contributed by atoms with Crippen LogP contribution >= 0.6 is 0 Å². The zero-order chi connectivity index (χ0) is 15.5. The van der Waals surface area contributed by atoms with Gasteiger partial charge in [-0.15, -0.1) is 0 Å². The first-order valence-electron chi connectivity index (χ1n) is 6.36. The van der Waals surface area contributed by atoms with Crippen LogP contribution in [0.25, 0.3) is 0 Å². The number of amides is 2. The summed E-state index contributed by atoms with van der Waals surface area (Å²) in [7, 11) is -3.08. The van der Waals surface area contributed by atoms with Gasteiger partial charge >= 0.3 is 12.0 Å². The predicted molar refractivity (Wildman–Crippen MR) is 73.7 cm³/mol. The van der Waals surface area contributed by atoms with Gasteiger partial charge in [0.2, 0.25) is 0 Å². The van der Waals surface area contributed by atoms with Crippen LogP contribution in [0.2, 0.25) is 0 Å². The number of nitrogens with zero attached hydrogens (tertiary/aromatic N) is 2. The summed E-state index contributed by atoms with van der Waals surface area (Å²) in [6.07, 6.45) is 3.85. The van der Waals surface area contributed by atoms with E-state index in [0.29, 0.717) is 18.5 Å². The summed E-state index contributed by atoms with van der Waals surface area (Å²) in [4.78, 5) is 22.3. The van der Waals surface area contributed by atoms with Crippen LogP contribution in [0.1, 0.15) is 12.8 Å². The molecule has 0 bridgehead atoms. The van der Waals surface area contributed by atoms with E-state index in [0.717, 1.165) is 0 Å². The summed E-state index contributed by atoms with van der Waals surface area (Å²) in [5.41, 5.74) is 0.340. The van der Waals surface area contributed by atoms with Crippen LogP contribution in [0, 0.1) is 0 Å². The molecule has 0 spiro atoms. The number of carboxylic acid groups (broad SMARTS) is 1. The lowest BCUT2D eigenvalue weighted by molar-refractivity contribution is -0.137. The van der Waals surface area contributed by atoms with Gasteiger partial charge in [0, 0.05) is 12.2 Å². The number of sulfone groups is 1. The quantitative estimate of drug-likeness (QED) is 0.697. The molecule has 0 radical (unpaired) electrons. The zero-order valence-corrected chi connectivity index (χ0v) is 12.0. The number of carboxylic acids is 1. The Bertz CT molecular complexity index is 639. The van der Waals surface area contributed by atoms with Crippen molar-refractivity contribution in [1.29, 1.82) is 0 Å². The Balaban J connectivity index is 1.87. The highest BCUT2D eigenvalue weighted by Crippen LogP contribution is 2.12. The summed E-state index contributed by atoms with van der Waals surface area (Å²) >= 11 is 0. The minimum absolute atomic E-state index is 0.0568. The van der Waals surface area contributed by atoms with Crippen molar-refractivity contribution < 1.29 is 23.1 Å². The second-order valence-electron chi connectivity index (χ2n) is 4.87. The topological polar surface area (TPSA) is 130 Å². The molecule has 3 N–H and O–H groups in total. The normalized spacial score (nSPS) is 20.7. The molecule has 1 aromatic rings. The van der Waals surface area contributed by atoms with E-state index < -0.39 is 27.9 Å². The number of carbonyl (C=O) groups is 2. The monoisotopic (exact) mass is 316 g/mol. The van der Waals surface area contributed by atoms with Gasteiger partial charge in [-0.1, -0.05) is 0 Å². The lowest BCUT2D eigenvalue weighted by atomic mass is 10.2. The molecular weight excluding hydrogens is 300 g/mol. The molecule has 116 valence electrons. The van der Waals surface area contributed by atoms with Crippen molar-refractivity contribution in [2.75, 3.05) is 16.8 Å². The summed E-state index contributed by atoms with van der Waals surface area (Å²) in [6.45, 7) is -0.301. The summed E-state index contributed by atoms with van der Waals surface area (Å²) in [6, 6.07) is -0.940. The Morgan fingerprint density at radius 1 is 1.48 bits per heavy atom. The molecule has 9 nitrogen and oxygen atoms in total. The molecule has 2 amide bonds. The van der Waals surface area contributed by atoms with Gasteiger partial charge in [0.15, 0.2) is 9.84 Å².